The minimum Gasteiger partial charge on any atom is -0.330 e. The molecule has 0 aromatic heterocycles. The summed E-state index contributed by atoms with van der Waals surface area (Å²) >= 11 is 0. The van der Waals surface area contributed by atoms with E-state index in [0.29, 0.717) is 0 Å². The van der Waals surface area contributed by atoms with E-state index in [1.54, 1.807) is 0 Å². The Kier molecular flexibility index (Phi) is 3.94. The average molecular weight is 225 g/mol. The third-order valence-corrected chi connectivity index (χ3v) is 3.01. The minimum absolute atomic E-state index is 0.729. The van der Waals surface area contributed by atoms with Crippen LogP contribution in [-0.2, 0) is 6.42 Å². The van der Waals surface area contributed by atoms with E-state index in [9.17, 15) is 0 Å². The van der Waals surface area contributed by atoms with Crippen LogP contribution >= 0.6 is 0 Å². The van der Waals surface area contributed by atoms with Crippen LogP contribution in [0.5, 0.6) is 0 Å². The highest BCUT2D eigenvalue weighted by Gasteiger charge is 2.00. The maximum absolute atomic E-state index is 5.52. The summed E-state index contributed by atoms with van der Waals surface area (Å²) in [5.74, 6) is 0. The van der Waals surface area contributed by atoms with Gasteiger partial charge in [-0.1, -0.05) is 54.1 Å². The Morgan fingerprint density at radius 3 is 2.71 bits per heavy atom. The highest BCUT2D eigenvalue weighted by molar-refractivity contribution is 5.85. The zero-order chi connectivity index (χ0) is 12.1. The molecular weight excluding hydrogens is 206 g/mol. The molecule has 0 heterocycles. The molecule has 0 saturated carbocycles. The first kappa shape index (κ1) is 11.9. The van der Waals surface area contributed by atoms with Crippen molar-refractivity contribution in [2.75, 3.05) is 6.54 Å². The molecule has 1 heteroatoms. The van der Waals surface area contributed by atoms with E-state index in [4.69, 9.17) is 5.73 Å². The zero-order valence-electron chi connectivity index (χ0n) is 10.3. The van der Waals surface area contributed by atoms with Crippen LogP contribution in [-0.4, -0.2) is 6.54 Å². The van der Waals surface area contributed by atoms with Crippen LogP contribution in [0.3, 0.4) is 0 Å². The normalized spacial score (nSPS) is 12.0. The van der Waals surface area contributed by atoms with Crippen molar-refractivity contribution in [2.24, 2.45) is 5.73 Å². The molecule has 0 aliphatic carbocycles. The monoisotopic (exact) mass is 225 g/mol. The van der Waals surface area contributed by atoms with Crippen molar-refractivity contribution in [2.45, 2.75) is 19.8 Å². The summed E-state index contributed by atoms with van der Waals surface area (Å²) in [5, 5.41) is 2.67. The quantitative estimate of drug-likeness (QED) is 0.789. The predicted molar refractivity (Wildman–Crippen MR) is 75.1 cm³/mol. The van der Waals surface area contributed by atoms with Gasteiger partial charge < -0.3 is 5.73 Å². The van der Waals surface area contributed by atoms with Crippen molar-refractivity contribution in [1.29, 1.82) is 0 Å². The molecule has 2 N–H and O–H groups in total. The van der Waals surface area contributed by atoms with Crippen LogP contribution in [0.1, 0.15) is 18.9 Å². The number of fused-ring (bicyclic) bond motifs is 1. The molecule has 0 fully saturated rings. The van der Waals surface area contributed by atoms with Crippen LogP contribution < -0.4 is 5.73 Å². The van der Waals surface area contributed by atoms with E-state index in [2.05, 4.69) is 55.5 Å². The molecule has 2 rings (SSSR count). The average Bonchev–Trinajstić information content (AvgIpc) is 2.37. The molecule has 17 heavy (non-hydrogen) atoms. The van der Waals surface area contributed by atoms with Gasteiger partial charge in [-0.05, 0) is 42.6 Å². The predicted octanol–water partition coefficient (Wildman–Crippen LogP) is 3.68. The maximum atomic E-state index is 5.52. The van der Waals surface area contributed by atoms with E-state index in [0.717, 1.165) is 19.4 Å². The molecular formula is C16H19N. The van der Waals surface area contributed by atoms with Gasteiger partial charge in [-0.2, -0.15) is 0 Å². The van der Waals surface area contributed by atoms with Gasteiger partial charge in [0.1, 0.15) is 0 Å². The molecule has 2 aromatic carbocycles. The molecule has 0 spiro atoms. The Labute approximate surface area is 103 Å². The molecule has 0 unspecified atom stereocenters. The van der Waals surface area contributed by atoms with Gasteiger partial charge >= 0.3 is 0 Å². The second-order valence-electron chi connectivity index (χ2n) is 4.44. The summed E-state index contributed by atoms with van der Waals surface area (Å²) in [6.07, 6.45) is 4.22. The Morgan fingerprint density at radius 1 is 1.12 bits per heavy atom. The molecule has 88 valence electrons. The number of benzene rings is 2. The Balaban J connectivity index is 2.30. The molecule has 0 amide bonds. The van der Waals surface area contributed by atoms with Gasteiger partial charge in [0.2, 0.25) is 0 Å². The summed E-state index contributed by atoms with van der Waals surface area (Å²) in [4.78, 5) is 0. The number of allylic oxidation sites excluding steroid dienone is 1. The lowest BCUT2D eigenvalue weighted by Gasteiger charge is -2.07. The number of hydrogen-bond acceptors (Lipinski definition) is 1. The zero-order valence-corrected chi connectivity index (χ0v) is 10.3. The van der Waals surface area contributed by atoms with Gasteiger partial charge in [-0.15, -0.1) is 0 Å². The SMILES string of the molecule is CC(=CCCN)Cc1cccc2ccccc12. The van der Waals surface area contributed by atoms with E-state index >= 15 is 0 Å². The summed E-state index contributed by atoms with van der Waals surface area (Å²) in [6, 6.07) is 15.1. The molecule has 0 atom stereocenters. The largest absolute Gasteiger partial charge is 0.330 e. The summed E-state index contributed by atoms with van der Waals surface area (Å²) in [7, 11) is 0. The van der Waals surface area contributed by atoms with Gasteiger partial charge in [-0.3, -0.25) is 0 Å². The fourth-order valence-corrected chi connectivity index (χ4v) is 2.15. The van der Waals surface area contributed by atoms with Crippen LogP contribution in [0.4, 0.5) is 0 Å². The van der Waals surface area contributed by atoms with Crippen molar-refractivity contribution in [3.8, 4) is 0 Å². The summed E-state index contributed by atoms with van der Waals surface area (Å²) < 4.78 is 0. The smallest absolute Gasteiger partial charge is 0.00425 e. The van der Waals surface area contributed by atoms with Crippen molar-refractivity contribution in [3.63, 3.8) is 0 Å². The lowest BCUT2D eigenvalue weighted by Crippen LogP contribution is -1.97. The van der Waals surface area contributed by atoms with Crippen molar-refractivity contribution < 1.29 is 0 Å². The Morgan fingerprint density at radius 2 is 1.88 bits per heavy atom. The Bertz CT molecular complexity index is 521. The minimum atomic E-state index is 0.729. The highest BCUT2D eigenvalue weighted by Crippen LogP contribution is 2.20. The topological polar surface area (TPSA) is 26.0 Å². The first-order valence-corrected chi connectivity index (χ1v) is 6.13. The first-order chi connectivity index (χ1) is 8.31. The van der Waals surface area contributed by atoms with Crippen LogP contribution in [0.25, 0.3) is 10.8 Å². The van der Waals surface area contributed by atoms with Gasteiger partial charge in [0.05, 0.1) is 0 Å². The van der Waals surface area contributed by atoms with E-state index in [-0.39, 0.29) is 0 Å². The molecule has 2 aromatic rings. The van der Waals surface area contributed by atoms with Crippen molar-refractivity contribution in [1.82, 2.24) is 0 Å². The highest BCUT2D eigenvalue weighted by atomic mass is 14.5. The molecule has 0 saturated heterocycles. The molecule has 0 radical (unpaired) electrons. The second kappa shape index (κ2) is 5.65. The fourth-order valence-electron chi connectivity index (χ4n) is 2.15. The first-order valence-electron chi connectivity index (χ1n) is 6.13. The maximum Gasteiger partial charge on any atom is -0.00425 e. The number of rotatable bonds is 4. The van der Waals surface area contributed by atoms with Crippen molar-refractivity contribution in [3.05, 3.63) is 59.7 Å². The Hall–Kier alpha value is -1.60. The fraction of sp³-hybridized carbons (Fsp3) is 0.250. The van der Waals surface area contributed by atoms with E-state index in [1.807, 2.05) is 0 Å². The summed E-state index contributed by atoms with van der Waals surface area (Å²) in [5.41, 5.74) is 8.31. The van der Waals surface area contributed by atoms with Gasteiger partial charge in [0, 0.05) is 0 Å². The molecule has 0 bridgehead atoms. The number of hydrogen-bond donors (Lipinski definition) is 1. The van der Waals surface area contributed by atoms with Gasteiger partial charge in [-0.25, -0.2) is 0 Å². The standard InChI is InChI=1S/C16H19N/c1-13(6-5-11-17)12-15-9-4-8-14-7-2-3-10-16(14)15/h2-4,6-10H,5,11-12,17H2,1H3. The number of nitrogens with two attached hydrogens (primary N) is 1. The van der Waals surface area contributed by atoms with Gasteiger partial charge in [0.15, 0.2) is 0 Å². The second-order valence-corrected chi connectivity index (χ2v) is 4.44. The van der Waals surface area contributed by atoms with Crippen molar-refractivity contribution >= 4 is 10.8 Å². The molecule has 1 nitrogen and oxygen atoms in total. The molecule has 0 aliphatic heterocycles. The third-order valence-electron chi connectivity index (χ3n) is 3.01. The summed E-state index contributed by atoms with van der Waals surface area (Å²) in [6.45, 7) is 2.91. The van der Waals surface area contributed by atoms with E-state index in [1.165, 1.54) is 21.9 Å². The van der Waals surface area contributed by atoms with E-state index < -0.39 is 0 Å². The van der Waals surface area contributed by atoms with Crippen LogP contribution in [0.15, 0.2) is 54.1 Å². The van der Waals surface area contributed by atoms with Crippen LogP contribution in [0, 0.1) is 0 Å². The third kappa shape index (κ3) is 2.95. The van der Waals surface area contributed by atoms with Gasteiger partial charge in [0.25, 0.3) is 0 Å². The lowest BCUT2D eigenvalue weighted by atomic mass is 9.99. The van der Waals surface area contributed by atoms with Crippen LogP contribution in [0.2, 0.25) is 0 Å². The molecule has 0 aliphatic rings. The lowest BCUT2D eigenvalue weighted by molar-refractivity contribution is 0.982.